The Hall–Kier alpha value is -4.71. The van der Waals surface area contributed by atoms with Gasteiger partial charge in [-0.1, -0.05) is 19.4 Å². The van der Waals surface area contributed by atoms with Gasteiger partial charge in [-0.05, 0) is 99.8 Å². The van der Waals surface area contributed by atoms with Gasteiger partial charge in [-0.25, -0.2) is 14.0 Å². The first-order chi connectivity index (χ1) is 23.6. The van der Waals surface area contributed by atoms with Gasteiger partial charge in [0.25, 0.3) is 5.56 Å². The van der Waals surface area contributed by atoms with Crippen LogP contribution in [0.25, 0.3) is 10.9 Å². The quantitative estimate of drug-likeness (QED) is 0.179. The Kier molecular flexibility index (Phi) is 8.91. The highest BCUT2D eigenvalue weighted by atomic mass is 19.1. The number of anilines is 3. The maximum absolute atomic E-state index is 15.5. The second-order valence-corrected chi connectivity index (χ2v) is 13.9. The van der Waals surface area contributed by atoms with Crippen molar-refractivity contribution in [1.82, 2.24) is 19.0 Å². The van der Waals surface area contributed by atoms with Gasteiger partial charge in [0.2, 0.25) is 5.43 Å². The standard InChI is InChI=1S/C37H43FN6O5/c1-3-23-15-25(8-7-22(23)2)39-33-18-34(45)43(37(49)40-33)13-6-4-5-12-41-14-11-24-19-42(21-32(24)41)31-17-30-27(16-29(31)38)35(46)28(36(47)48)20-44(30)26-9-10-26/h7-8,15-18,20,24,26,32,39H,3-6,9-14,19,21H2,1-2H3,(H,40,49)(H,47,48). The number of nitrogens with one attached hydrogen (secondary N) is 2. The van der Waals surface area contributed by atoms with E-state index in [-0.39, 0.29) is 22.6 Å². The SMILES string of the molecule is CCc1cc(Nc2cc(=O)n(CCCCCN3CCC4CN(c5cc6c(cc5F)c(=O)c(C(=O)O)cn6C5CC5)CC43)c(=O)[nH]2)ccc1C. The van der Waals surface area contributed by atoms with Gasteiger partial charge in [0.15, 0.2) is 0 Å². The fourth-order valence-corrected chi connectivity index (χ4v) is 7.78. The van der Waals surface area contributed by atoms with Gasteiger partial charge in [-0.15, -0.1) is 0 Å². The third kappa shape index (κ3) is 6.53. The highest BCUT2D eigenvalue weighted by Crippen LogP contribution is 2.40. The second-order valence-electron chi connectivity index (χ2n) is 13.9. The number of fused-ring (bicyclic) bond motifs is 2. The zero-order chi connectivity index (χ0) is 34.4. The van der Waals surface area contributed by atoms with Gasteiger partial charge >= 0.3 is 11.7 Å². The molecule has 2 aromatic heterocycles. The molecule has 1 aliphatic carbocycles. The molecule has 1 saturated carbocycles. The van der Waals surface area contributed by atoms with E-state index in [1.165, 1.54) is 34.0 Å². The van der Waals surface area contributed by atoms with Crippen LogP contribution in [0.4, 0.5) is 21.6 Å². The molecule has 2 saturated heterocycles. The van der Waals surface area contributed by atoms with Gasteiger partial charge < -0.3 is 19.9 Å². The molecular weight excluding hydrogens is 627 g/mol. The number of H-pyrrole nitrogens is 1. The normalized spacial score (nSPS) is 19.1. The number of hydrogen-bond acceptors (Lipinski definition) is 7. The number of rotatable bonds is 12. The topological polar surface area (TPSA) is 133 Å². The number of unbranched alkanes of at least 4 members (excludes halogenated alkanes) is 2. The minimum atomic E-state index is -1.30. The van der Waals surface area contributed by atoms with Crippen LogP contribution >= 0.6 is 0 Å². The number of hydrogen-bond donors (Lipinski definition) is 3. The number of aromatic amines is 1. The molecule has 3 fully saturated rings. The number of carboxylic acids is 1. The van der Waals surface area contributed by atoms with Crippen molar-refractivity contribution < 1.29 is 14.3 Å². The van der Waals surface area contributed by atoms with Crippen molar-refractivity contribution in [2.75, 3.05) is 36.4 Å². The Bertz CT molecular complexity index is 2070. The molecule has 2 atom stereocenters. The van der Waals surface area contributed by atoms with Crippen LogP contribution in [-0.2, 0) is 13.0 Å². The lowest BCUT2D eigenvalue weighted by atomic mass is 10.1. The number of aryl methyl sites for hydroxylation is 2. The molecule has 0 radical (unpaired) electrons. The Morgan fingerprint density at radius 2 is 1.82 bits per heavy atom. The average Bonchev–Trinajstić information content (AvgIpc) is 3.72. The van der Waals surface area contributed by atoms with Crippen molar-refractivity contribution >= 4 is 34.1 Å². The van der Waals surface area contributed by atoms with Crippen LogP contribution < -0.4 is 26.9 Å². The van der Waals surface area contributed by atoms with Crippen LogP contribution in [-0.4, -0.2) is 62.3 Å². The molecule has 12 heteroatoms. The van der Waals surface area contributed by atoms with Crippen molar-refractivity contribution in [3.63, 3.8) is 0 Å². The molecule has 0 spiro atoms. The summed E-state index contributed by atoms with van der Waals surface area (Å²) in [4.78, 5) is 57.5. The van der Waals surface area contributed by atoms with Gasteiger partial charge in [0.05, 0.1) is 11.2 Å². The van der Waals surface area contributed by atoms with Crippen molar-refractivity contribution in [3.05, 3.63) is 96.2 Å². The summed E-state index contributed by atoms with van der Waals surface area (Å²) in [6.07, 6.45) is 7.63. The lowest BCUT2D eigenvalue weighted by Crippen LogP contribution is -2.36. The predicted molar refractivity (Wildman–Crippen MR) is 188 cm³/mol. The summed E-state index contributed by atoms with van der Waals surface area (Å²) >= 11 is 0. The van der Waals surface area contributed by atoms with E-state index in [0.717, 1.165) is 63.8 Å². The molecule has 7 rings (SSSR count). The number of carbonyl (C=O) groups is 1. The number of nitrogens with zero attached hydrogens (tertiary/aromatic N) is 4. The Morgan fingerprint density at radius 3 is 2.55 bits per heavy atom. The molecule has 4 heterocycles. The first-order valence-electron chi connectivity index (χ1n) is 17.4. The number of likely N-dealkylation sites (tertiary alicyclic amines) is 1. The van der Waals surface area contributed by atoms with Gasteiger partial charge in [-0.3, -0.25) is 24.0 Å². The Morgan fingerprint density at radius 1 is 1.02 bits per heavy atom. The van der Waals surface area contributed by atoms with E-state index in [0.29, 0.717) is 48.5 Å². The fraction of sp³-hybridized carbons (Fsp3) is 0.459. The van der Waals surface area contributed by atoms with Gasteiger partial charge in [-0.2, -0.15) is 0 Å². The van der Waals surface area contributed by atoms with Crippen molar-refractivity contribution in [2.45, 2.75) is 77.4 Å². The molecule has 2 aromatic carbocycles. The molecule has 3 N–H and O–H groups in total. The van der Waals surface area contributed by atoms with Crippen LogP contribution in [0.3, 0.4) is 0 Å². The van der Waals surface area contributed by atoms with Crippen LogP contribution in [0.15, 0.2) is 57.0 Å². The summed E-state index contributed by atoms with van der Waals surface area (Å²) in [5.41, 5.74) is 2.53. The maximum Gasteiger partial charge on any atom is 0.341 e. The third-order valence-corrected chi connectivity index (χ3v) is 10.6. The molecule has 49 heavy (non-hydrogen) atoms. The monoisotopic (exact) mass is 670 g/mol. The lowest BCUT2D eigenvalue weighted by molar-refractivity contribution is 0.0694. The molecular formula is C37H43FN6O5. The maximum atomic E-state index is 15.5. The number of carboxylic acid groups (broad SMARTS) is 1. The van der Waals surface area contributed by atoms with E-state index >= 15 is 4.39 Å². The van der Waals surface area contributed by atoms with Crippen LogP contribution in [0.5, 0.6) is 0 Å². The smallest absolute Gasteiger partial charge is 0.341 e. The number of pyridine rings is 1. The summed E-state index contributed by atoms with van der Waals surface area (Å²) in [6, 6.07) is 10.8. The number of halogens is 1. The predicted octanol–water partition coefficient (Wildman–Crippen LogP) is 5.02. The minimum absolute atomic E-state index is 0.110. The zero-order valence-corrected chi connectivity index (χ0v) is 28.0. The fourth-order valence-electron chi connectivity index (χ4n) is 7.78. The molecule has 2 unspecified atom stereocenters. The van der Waals surface area contributed by atoms with E-state index in [2.05, 4.69) is 33.9 Å². The molecule has 3 aliphatic rings. The van der Waals surface area contributed by atoms with E-state index in [4.69, 9.17) is 0 Å². The van der Waals surface area contributed by atoms with E-state index in [9.17, 15) is 24.3 Å². The third-order valence-electron chi connectivity index (χ3n) is 10.6. The molecule has 0 amide bonds. The summed E-state index contributed by atoms with van der Waals surface area (Å²) in [6.45, 7) is 7.78. The largest absolute Gasteiger partial charge is 0.477 e. The van der Waals surface area contributed by atoms with E-state index in [1.54, 1.807) is 6.07 Å². The van der Waals surface area contributed by atoms with Crippen LogP contribution in [0.2, 0.25) is 0 Å². The molecule has 2 aliphatic heterocycles. The zero-order valence-electron chi connectivity index (χ0n) is 28.0. The van der Waals surface area contributed by atoms with Crippen molar-refractivity contribution in [1.29, 1.82) is 0 Å². The molecule has 4 aromatic rings. The summed E-state index contributed by atoms with van der Waals surface area (Å²) < 4.78 is 18.6. The Labute approximate surface area is 283 Å². The first kappa shape index (κ1) is 32.8. The van der Waals surface area contributed by atoms with E-state index in [1.807, 2.05) is 22.8 Å². The number of aromatic carboxylic acids is 1. The van der Waals surface area contributed by atoms with Crippen molar-refractivity contribution in [3.8, 4) is 0 Å². The Balaban J connectivity index is 0.948. The number of benzene rings is 2. The lowest BCUT2D eigenvalue weighted by Gasteiger charge is -2.26. The van der Waals surface area contributed by atoms with Gasteiger partial charge in [0.1, 0.15) is 17.2 Å². The highest BCUT2D eigenvalue weighted by molar-refractivity contribution is 5.93. The van der Waals surface area contributed by atoms with Crippen LogP contribution in [0.1, 0.15) is 73.0 Å². The van der Waals surface area contributed by atoms with Gasteiger partial charge in [0, 0.05) is 55.1 Å². The summed E-state index contributed by atoms with van der Waals surface area (Å²) in [5, 5.41) is 12.8. The van der Waals surface area contributed by atoms with Crippen molar-refractivity contribution in [2.24, 2.45) is 5.92 Å². The van der Waals surface area contributed by atoms with E-state index < -0.39 is 22.9 Å². The molecule has 0 bridgehead atoms. The highest BCUT2D eigenvalue weighted by Gasteiger charge is 2.41. The number of aromatic nitrogens is 3. The summed E-state index contributed by atoms with van der Waals surface area (Å²) in [7, 11) is 0. The summed E-state index contributed by atoms with van der Waals surface area (Å²) in [5.74, 6) is -1.02. The second kappa shape index (κ2) is 13.3. The molecule has 258 valence electrons. The first-order valence-corrected chi connectivity index (χ1v) is 17.4. The molecule has 11 nitrogen and oxygen atoms in total. The van der Waals surface area contributed by atoms with Crippen LogP contribution in [0, 0.1) is 18.7 Å². The minimum Gasteiger partial charge on any atom is -0.477 e. The average molecular weight is 671 g/mol.